The molecule has 0 unspecified atom stereocenters. The third kappa shape index (κ3) is 4.55. The molecule has 0 atom stereocenters. The molecule has 0 bridgehead atoms. The first kappa shape index (κ1) is 20.5. The minimum atomic E-state index is -0.282. The van der Waals surface area contributed by atoms with Crippen molar-refractivity contribution in [2.24, 2.45) is 0 Å². The van der Waals surface area contributed by atoms with E-state index in [9.17, 15) is 14.4 Å². The summed E-state index contributed by atoms with van der Waals surface area (Å²) in [4.78, 5) is 42.4. The van der Waals surface area contributed by atoms with E-state index >= 15 is 0 Å². The van der Waals surface area contributed by atoms with E-state index in [4.69, 9.17) is 0 Å². The highest BCUT2D eigenvalue weighted by Gasteiger charge is 2.34. The summed E-state index contributed by atoms with van der Waals surface area (Å²) in [7, 11) is 0. The van der Waals surface area contributed by atoms with Crippen molar-refractivity contribution in [2.45, 2.75) is 25.8 Å². The van der Waals surface area contributed by atoms with Gasteiger partial charge in [-0.1, -0.05) is 42.5 Å². The second-order valence-corrected chi connectivity index (χ2v) is 7.42. The molecule has 31 heavy (non-hydrogen) atoms. The van der Waals surface area contributed by atoms with E-state index in [1.807, 2.05) is 36.5 Å². The predicted molar refractivity (Wildman–Crippen MR) is 116 cm³/mol. The number of hydrogen-bond acceptors (Lipinski definition) is 4. The van der Waals surface area contributed by atoms with E-state index < -0.39 is 0 Å². The maximum atomic E-state index is 12.3. The molecule has 0 aliphatic carbocycles. The molecule has 3 aromatic rings. The summed E-state index contributed by atoms with van der Waals surface area (Å²) in [5.41, 5.74) is 1.93. The Bertz CT molecular complexity index is 1060. The minimum absolute atomic E-state index is 0.0782. The number of nitrogens with one attached hydrogen (secondary N) is 1. The summed E-state index contributed by atoms with van der Waals surface area (Å²) in [6.07, 6.45) is 5.21. The highest BCUT2D eigenvalue weighted by molar-refractivity contribution is 6.21. The van der Waals surface area contributed by atoms with Gasteiger partial charge in [-0.3, -0.25) is 19.3 Å². The molecular formula is C24H24N4O3. The maximum absolute atomic E-state index is 12.3. The fourth-order valence-corrected chi connectivity index (χ4v) is 3.74. The number of amides is 3. The standard InChI is InChI=1S/C24H24N4O3/c29-21(12-6-16-28-23(30)19-10-4-5-11-20(19)24(28)31)25-13-7-15-27-17-14-26-22(27)18-8-2-1-3-9-18/h1-5,8-11,14,17H,6-7,12-13,15-16H2,(H,25,29). The van der Waals surface area contributed by atoms with Crippen LogP contribution in [0.25, 0.3) is 11.4 Å². The highest BCUT2D eigenvalue weighted by atomic mass is 16.2. The number of benzene rings is 2. The molecule has 1 aromatic heterocycles. The van der Waals surface area contributed by atoms with Crippen LogP contribution in [-0.4, -0.2) is 45.3 Å². The van der Waals surface area contributed by atoms with Crippen molar-refractivity contribution in [3.05, 3.63) is 78.1 Å². The van der Waals surface area contributed by atoms with Crippen LogP contribution < -0.4 is 5.32 Å². The topological polar surface area (TPSA) is 84.3 Å². The third-order valence-corrected chi connectivity index (χ3v) is 5.31. The fourth-order valence-electron chi connectivity index (χ4n) is 3.74. The second kappa shape index (κ2) is 9.38. The van der Waals surface area contributed by atoms with Crippen molar-refractivity contribution in [3.8, 4) is 11.4 Å². The molecule has 0 fully saturated rings. The first-order valence-electron chi connectivity index (χ1n) is 10.4. The summed E-state index contributed by atoms with van der Waals surface area (Å²) < 4.78 is 2.07. The third-order valence-electron chi connectivity index (χ3n) is 5.31. The lowest BCUT2D eigenvalue weighted by Gasteiger charge is -2.13. The molecule has 1 aliphatic heterocycles. The van der Waals surface area contributed by atoms with Gasteiger partial charge in [0.05, 0.1) is 11.1 Å². The van der Waals surface area contributed by atoms with Crippen molar-refractivity contribution in [1.82, 2.24) is 19.8 Å². The first-order chi connectivity index (χ1) is 15.1. The Morgan fingerprint density at radius 2 is 1.55 bits per heavy atom. The molecule has 2 heterocycles. The van der Waals surface area contributed by atoms with Crippen molar-refractivity contribution in [1.29, 1.82) is 0 Å². The van der Waals surface area contributed by atoms with E-state index in [1.165, 1.54) is 4.90 Å². The zero-order valence-corrected chi connectivity index (χ0v) is 17.2. The Hall–Kier alpha value is -3.74. The summed E-state index contributed by atoms with van der Waals surface area (Å²) in [6, 6.07) is 16.8. The van der Waals surface area contributed by atoms with Gasteiger partial charge in [0.25, 0.3) is 11.8 Å². The SMILES string of the molecule is O=C(CCCN1C(=O)c2ccccc2C1=O)NCCCn1ccnc1-c1ccccc1. The summed E-state index contributed by atoms with van der Waals surface area (Å²) in [5, 5.41) is 2.91. The molecule has 0 radical (unpaired) electrons. The number of aromatic nitrogens is 2. The lowest BCUT2D eigenvalue weighted by atomic mass is 10.1. The maximum Gasteiger partial charge on any atom is 0.261 e. The number of imidazole rings is 1. The van der Waals surface area contributed by atoms with Gasteiger partial charge >= 0.3 is 0 Å². The van der Waals surface area contributed by atoms with E-state index in [2.05, 4.69) is 14.9 Å². The van der Waals surface area contributed by atoms with Crippen molar-refractivity contribution in [3.63, 3.8) is 0 Å². The Kier molecular flexibility index (Phi) is 6.21. The predicted octanol–water partition coefficient (Wildman–Crippen LogP) is 3.13. The number of imide groups is 1. The number of rotatable bonds is 9. The van der Waals surface area contributed by atoms with E-state index in [0.717, 1.165) is 24.4 Å². The second-order valence-electron chi connectivity index (χ2n) is 7.42. The monoisotopic (exact) mass is 416 g/mol. The van der Waals surface area contributed by atoms with Crippen molar-refractivity contribution in [2.75, 3.05) is 13.1 Å². The molecule has 0 spiro atoms. The van der Waals surface area contributed by atoms with Gasteiger partial charge in [0.15, 0.2) is 0 Å². The van der Waals surface area contributed by atoms with Gasteiger partial charge in [0.1, 0.15) is 5.82 Å². The molecule has 4 rings (SSSR count). The summed E-state index contributed by atoms with van der Waals surface area (Å²) in [6.45, 7) is 1.55. The number of hydrogen-bond donors (Lipinski definition) is 1. The highest BCUT2D eigenvalue weighted by Crippen LogP contribution is 2.22. The van der Waals surface area contributed by atoms with E-state index in [1.54, 1.807) is 30.5 Å². The molecule has 7 heteroatoms. The van der Waals surface area contributed by atoms with Gasteiger partial charge in [-0.25, -0.2) is 4.98 Å². The number of carbonyl (C=O) groups is 3. The van der Waals surface area contributed by atoms with Crippen LogP contribution in [0.5, 0.6) is 0 Å². The van der Waals surface area contributed by atoms with Gasteiger partial charge in [-0.2, -0.15) is 0 Å². The van der Waals surface area contributed by atoms with Crippen LogP contribution in [0.2, 0.25) is 0 Å². The van der Waals surface area contributed by atoms with Gasteiger partial charge in [0.2, 0.25) is 5.91 Å². The number of nitrogens with zero attached hydrogens (tertiary/aromatic N) is 3. The summed E-state index contributed by atoms with van der Waals surface area (Å²) in [5.74, 6) is 0.268. The van der Waals surface area contributed by atoms with Gasteiger partial charge in [-0.05, 0) is 25.0 Å². The smallest absolute Gasteiger partial charge is 0.261 e. The van der Waals surface area contributed by atoms with Crippen LogP contribution >= 0.6 is 0 Å². The lowest BCUT2D eigenvalue weighted by molar-refractivity contribution is -0.121. The molecule has 158 valence electrons. The normalized spacial score (nSPS) is 12.8. The number of carbonyl (C=O) groups excluding carboxylic acids is 3. The van der Waals surface area contributed by atoms with E-state index in [0.29, 0.717) is 24.1 Å². The Morgan fingerprint density at radius 1 is 0.871 bits per heavy atom. The summed E-state index contributed by atoms with van der Waals surface area (Å²) >= 11 is 0. The van der Waals surface area contributed by atoms with Crippen LogP contribution in [-0.2, 0) is 11.3 Å². The molecule has 2 aromatic carbocycles. The fraction of sp³-hybridized carbons (Fsp3) is 0.250. The number of aryl methyl sites for hydroxylation is 1. The molecular weight excluding hydrogens is 392 g/mol. The Balaban J connectivity index is 1.17. The molecule has 7 nitrogen and oxygen atoms in total. The molecule has 0 saturated heterocycles. The van der Waals surface area contributed by atoms with Crippen LogP contribution in [0, 0.1) is 0 Å². The zero-order valence-electron chi connectivity index (χ0n) is 17.2. The zero-order chi connectivity index (χ0) is 21.6. The average Bonchev–Trinajstić information content (AvgIpc) is 3.36. The lowest BCUT2D eigenvalue weighted by Crippen LogP contribution is -2.32. The molecule has 1 aliphatic rings. The van der Waals surface area contributed by atoms with Crippen LogP contribution in [0.4, 0.5) is 0 Å². The number of fused-ring (bicyclic) bond motifs is 1. The van der Waals surface area contributed by atoms with Crippen LogP contribution in [0.15, 0.2) is 67.0 Å². The van der Waals surface area contributed by atoms with E-state index in [-0.39, 0.29) is 30.7 Å². The Labute approximate surface area is 180 Å². The van der Waals surface area contributed by atoms with Gasteiger partial charge in [-0.15, -0.1) is 0 Å². The first-order valence-corrected chi connectivity index (χ1v) is 10.4. The van der Waals surface area contributed by atoms with Crippen LogP contribution in [0.3, 0.4) is 0 Å². The van der Waals surface area contributed by atoms with Gasteiger partial charge < -0.3 is 9.88 Å². The van der Waals surface area contributed by atoms with Crippen LogP contribution in [0.1, 0.15) is 40.0 Å². The average molecular weight is 416 g/mol. The van der Waals surface area contributed by atoms with Gasteiger partial charge in [0, 0.05) is 44.0 Å². The molecule has 3 amide bonds. The largest absolute Gasteiger partial charge is 0.356 e. The van der Waals surface area contributed by atoms with Crippen molar-refractivity contribution < 1.29 is 14.4 Å². The quantitative estimate of drug-likeness (QED) is 0.429. The van der Waals surface area contributed by atoms with Crippen molar-refractivity contribution >= 4 is 17.7 Å². The molecule has 0 saturated carbocycles. The Morgan fingerprint density at radius 3 is 2.26 bits per heavy atom. The molecule has 1 N–H and O–H groups in total. The minimum Gasteiger partial charge on any atom is -0.356 e.